The predicted octanol–water partition coefficient (Wildman–Crippen LogP) is 6.16. The van der Waals surface area contributed by atoms with Gasteiger partial charge in [-0.05, 0) is 55.6 Å². The molecule has 0 spiro atoms. The van der Waals surface area contributed by atoms with Crippen LogP contribution in [-0.2, 0) is 0 Å². The fourth-order valence-electron chi connectivity index (χ4n) is 3.43. The van der Waals surface area contributed by atoms with Gasteiger partial charge in [-0.25, -0.2) is 0 Å². The molecule has 2 rings (SSSR count). The molecule has 104 valence electrons. The van der Waals surface area contributed by atoms with Crippen molar-refractivity contribution in [2.24, 2.45) is 17.8 Å². The quantitative estimate of drug-likeness (QED) is 0.548. The van der Waals surface area contributed by atoms with E-state index in [1.165, 1.54) is 24.0 Å². The van der Waals surface area contributed by atoms with E-state index in [-0.39, 0.29) is 0 Å². The number of rotatable bonds is 2. The highest BCUT2D eigenvalue weighted by molar-refractivity contribution is 5.49. The zero-order valence-electron chi connectivity index (χ0n) is 13.6. The van der Waals surface area contributed by atoms with Gasteiger partial charge in [-0.1, -0.05) is 58.9 Å². The SMILES string of the molecule is C=C(C)C1=C(C(=C)C)C2CC1CC2C.CC.CC. The normalized spacial score (nSPS) is 28.1. The van der Waals surface area contributed by atoms with Crippen molar-refractivity contribution in [3.05, 3.63) is 35.5 Å². The lowest BCUT2D eigenvalue weighted by Gasteiger charge is -2.25. The van der Waals surface area contributed by atoms with Gasteiger partial charge >= 0.3 is 0 Å². The summed E-state index contributed by atoms with van der Waals surface area (Å²) in [6, 6.07) is 0. The van der Waals surface area contributed by atoms with Gasteiger partial charge < -0.3 is 0 Å². The van der Waals surface area contributed by atoms with Crippen molar-refractivity contribution >= 4 is 0 Å². The van der Waals surface area contributed by atoms with Crippen molar-refractivity contribution in [2.75, 3.05) is 0 Å². The van der Waals surface area contributed by atoms with Crippen LogP contribution in [0.1, 0.15) is 61.3 Å². The third kappa shape index (κ3) is 3.16. The lowest BCUT2D eigenvalue weighted by atomic mass is 9.80. The van der Waals surface area contributed by atoms with E-state index in [9.17, 15) is 0 Å². The van der Waals surface area contributed by atoms with Gasteiger partial charge in [-0.2, -0.15) is 0 Å². The lowest BCUT2D eigenvalue weighted by Crippen LogP contribution is -2.12. The van der Waals surface area contributed by atoms with Crippen molar-refractivity contribution < 1.29 is 0 Å². The molecule has 0 aromatic heterocycles. The summed E-state index contributed by atoms with van der Waals surface area (Å²) in [5.41, 5.74) is 5.62. The number of fused-ring (bicyclic) bond motifs is 2. The average Bonchev–Trinajstić information content (AvgIpc) is 2.90. The van der Waals surface area contributed by atoms with Gasteiger partial charge in [0.15, 0.2) is 0 Å². The van der Waals surface area contributed by atoms with Crippen LogP contribution in [0.2, 0.25) is 0 Å². The van der Waals surface area contributed by atoms with Crippen LogP contribution >= 0.6 is 0 Å². The van der Waals surface area contributed by atoms with Gasteiger partial charge in [0.25, 0.3) is 0 Å². The first-order valence-corrected chi connectivity index (χ1v) is 7.58. The highest BCUT2D eigenvalue weighted by Crippen LogP contribution is 2.55. The Bertz CT molecular complexity index is 330. The molecule has 2 aliphatic rings. The average molecular weight is 248 g/mol. The number of hydrogen-bond donors (Lipinski definition) is 0. The monoisotopic (exact) mass is 248 g/mol. The van der Waals surface area contributed by atoms with Gasteiger partial charge in [-0.3, -0.25) is 0 Å². The zero-order valence-corrected chi connectivity index (χ0v) is 13.6. The topological polar surface area (TPSA) is 0 Å². The van der Waals surface area contributed by atoms with Crippen molar-refractivity contribution in [2.45, 2.75) is 61.3 Å². The summed E-state index contributed by atoms with van der Waals surface area (Å²) in [5, 5.41) is 0. The maximum Gasteiger partial charge on any atom is -0.0125 e. The Morgan fingerprint density at radius 3 is 1.72 bits per heavy atom. The molecule has 0 aliphatic heterocycles. The summed E-state index contributed by atoms with van der Waals surface area (Å²) >= 11 is 0. The fourth-order valence-corrected chi connectivity index (χ4v) is 3.43. The minimum Gasteiger partial charge on any atom is -0.0958 e. The second-order valence-electron chi connectivity index (χ2n) is 5.14. The van der Waals surface area contributed by atoms with Gasteiger partial charge in [-0.15, -0.1) is 0 Å². The molecule has 2 aliphatic carbocycles. The van der Waals surface area contributed by atoms with E-state index < -0.39 is 0 Å². The van der Waals surface area contributed by atoms with E-state index in [0.717, 1.165) is 17.8 Å². The molecule has 0 N–H and O–H groups in total. The second kappa shape index (κ2) is 7.61. The van der Waals surface area contributed by atoms with E-state index in [1.807, 2.05) is 27.7 Å². The molecule has 0 heteroatoms. The summed E-state index contributed by atoms with van der Waals surface area (Å²) in [7, 11) is 0. The van der Waals surface area contributed by atoms with Crippen molar-refractivity contribution in [3.8, 4) is 0 Å². The van der Waals surface area contributed by atoms with Crippen molar-refractivity contribution in [1.82, 2.24) is 0 Å². The van der Waals surface area contributed by atoms with Crippen LogP contribution < -0.4 is 0 Å². The standard InChI is InChI=1S/C14H20.2C2H6/c1-8(2)13-11-6-10(5)12(7-11)14(13)9(3)4;2*1-2/h10-12H,1,3,6-7H2,2,4-5H3;2*1-2H3. The molecule has 1 fully saturated rings. The Labute approximate surface area is 115 Å². The molecular weight excluding hydrogens is 216 g/mol. The molecular formula is C18H32. The molecule has 0 aromatic carbocycles. The fraction of sp³-hybridized carbons (Fsp3) is 0.667. The van der Waals surface area contributed by atoms with Gasteiger partial charge in [0, 0.05) is 0 Å². The molecule has 3 unspecified atom stereocenters. The minimum absolute atomic E-state index is 0.782. The molecule has 0 saturated heterocycles. The van der Waals surface area contributed by atoms with Crippen molar-refractivity contribution in [3.63, 3.8) is 0 Å². The van der Waals surface area contributed by atoms with Gasteiger partial charge in [0.2, 0.25) is 0 Å². The molecule has 0 aromatic rings. The molecule has 3 atom stereocenters. The van der Waals surface area contributed by atoms with Crippen LogP contribution in [0.25, 0.3) is 0 Å². The van der Waals surface area contributed by atoms with Crippen LogP contribution in [0, 0.1) is 17.8 Å². The summed E-state index contributed by atoms with van der Waals surface area (Å²) in [6.07, 6.45) is 2.72. The Balaban J connectivity index is 0.000000659. The third-order valence-corrected chi connectivity index (χ3v) is 3.87. The maximum atomic E-state index is 4.12. The first-order chi connectivity index (χ1) is 8.52. The molecule has 0 heterocycles. The van der Waals surface area contributed by atoms with Crippen LogP contribution in [-0.4, -0.2) is 0 Å². The van der Waals surface area contributed by atoms with Crippen LogP contribution in [0.15, 0.2) is 35.5 Å². The van der Waals surface area contributed by atoms with Gasteiger partial charge in [0.05, 0.1) is 0 Å². The minimum atomic E-state index is 0.782. The van der Waals surface area contributed by atoms with Crippen LogP contribution in [0.3, 0.4) is 0 Å². The molecule has 0 radical (unpaired) electrons. The molecule has 1 saturated carbocycles. The Kier molecular flexibility index (Phi) is 7.28. The summed E-state index contributed by atoms with van der Waals surface area (Å²) in [4.78, 5) is 0. The Morgan fingerprint density at radius 1 is 0.889 bits per heavy atom. The first-order valence-electron chi connectivity index (χ1n) is 7.58. The van der Waals surface area contributed by atoms with Gasteiger partial charge in [0.1, 0.15) is 0 Å². The number of hydrogen-bond acceptors (Lipinski definition) is 0. The Morgan fingerprint density at radius 2 is 1.33 bits per heavy atom. The highest BCUT2D eigenvalue weighted by atomic mass is 14.5. The van der Waals surface area contributed by atoms with E-state index in [0.29, 0.717) is 0 Å². The van der Waals surface area contributed by atoms with E-state index >= 15 is 0 Å². The maximum absolute atomic E-state index is 4.12. The number of allylic oxidation sites excluding steroid dienone is 4. The lowest BCUT2D eigenvalue weighted by molar-refractivity contribution is 0.469. The largest absolute Gasteiger partial charge is 0.0958 e. The molecule has 2 bridgehead atoms. The predicted molar refractivity (Wildman–Crippen MR) is 84.7 cm³/mol. The van der Waals surface area contributed by atoms with E-state index in [2.05, 4.69) is 33.9 Å². The first kappa shape index (κ1) is 17.2. The summed E-state index contributed by atoms with van der Waals surface area (Å²) in [6.45, 7) is 22.9. The second-order valence-corrected chi connectivity index (χ2v) is 5.14. The third-order valence-electron chi connectivity index (χ3n) is 3.87. The zero-order chi connectivity index (χ0) is 14.5. The van der Waals surface area contributed by atoms with E-state index in [1.54, 1.807) is 11.1 Å². The molecule has 0 nitrogen and oxygen atoms in total. The smallest absolute Gasteiger partial charge is 0.0125 e. The molecule has 18 heavy (non-hydrogen) atoms. The Hall–Kier alpha value is -0.780. The highest BCUT2D eigenvalue weighted by Gasteiger charge is 2.43. The summed E-state index contributed by atoms with van der Waals surface area (Å²) < 4.78 is 0. The van der Waals surface area contributed by atoms with E-state index in [4.69, 9.17) is 0 Å². The van der Waals surface area contributed by atoms with Crippen LogP contribution in [0.5, 0.6) is 0 Å². The van der Waals surface area contributed by atoms with Crippen LogP contribution in [0.4, 0.5) is 0 Å². The summed E-state index contributed by atoms with van der Waals surface area (Å²) in [5.74, 6) is 2.43. The molecule has 0 amide bonds. The van der Waals surface area contributed by atoms with Crippen molar-refractivity contribution in [1.29, 1.82) is 0 Å².